The van der Waals surface area contributed by atoms with Gasteiger partial charge in [-0.1, -0.05) is 0 Å². The van der Waals surface area contributed by atoms with Crippen molar-refractivity contribution in [1.29, 1.82) is 0 Å². The van der Waals surface area contributed by atoms with Crippen molar-refractivity contribution in [3.63, 3.8) is 0 Å². The summed E-state index contributed by atoms with van der Waals surface area (Å²) in [7, 11) is 0. The Hall–Kier alpha value is -2.09. The average molecular weight is 312 g/mol. The maximum Gasteiger partial charge on any atom is 0.451 e. The summed E-state index contributed by atoms with van der Waals surface area (Å²) in [4.78, 5) is 12.8. The maximum absolute atomic E-state index is 13.6. The van der Waals surface area contributed by atoms with E-state index in [0.29, 0.717) is 43.0 Å². The van der Waals surface area contributed by atoms with Gasteiger partial charge in [0.2, 0.25) is 5.82 Å². The van der Waals surface area contributed by atoms with E-state index >= 15 is 0 Å². The molecular weight excluding hydrogens is 300 g/mol. The van der Waals surface area contributed by atoms with Gasteiger partial charge < -0.3 is 0 Å². The number of hydrogen-bond donors (Lipinski definition) is 0. The smallest absolute Gasteiger partial charge is 0.293 e. The number of alkyl halides is 3. The minimum absolute atomic E-state index is 0.299. The summed E-state index contributed by atoms with van der Waals surface area (Å²) < 4.78 is 51.3. The minimum atomic E-state index is -4.54. The second-order valence-corrected chi connectivity index (χ2v) is 5.06. The van der Waals surface area contributed by atoms with Gasteiger partial charge >= 0.3 is 6.18 Å². The van der Waals surface area contributed by atoms with Gasteiger partial charge in [0, 0.05) is 44.0 Å². The van der Waals surface area contributed by atoms with Crippen molar-refractivity contribution in [3.8, 4) is 0 Å². The molecule has 0 saturated heterocycles. The van der Waals surface area contributed by atoms with Crippen LogP contribution in [-0.4, -0.2) is 26.4 Å². The Morgan fingerprint density at radius 1 is 1.23 bits per heavy atom. The molecule has 0 unspecified atom stereocenters. The molecule has 22 heavy (non-hydrogen) atoms. The number of pyridine rings is 1. The summed E-state index contributed by atoms with van der Waals surface area (Å²) in [5.41, 5.74) is 1.36. The highest BCUT2D eigenvalue weighted by Gasteiger charge is 2.35. The summed E-state index contributed by atoms with van der Waals surface area (Å²) >= 11 is 0. The molecule has 0 saturated carbocycles. The Labute approximate surface area is 123 Å². The molecule has 0 atom stereocenters. The molecule has 0 aromatic carbocycles. The number of aromatic nitrogens is 3. The number of hydrogen-bond acceptors (Lipinski definition) is 4. The van der Waals surface area contributed by atoms with Crippen LogP contribution in [0, 0.1) is 5.82 Å². The van der Waals surface area contributed by atoms with E-state index < -0.39 is 17.8 Å². The first-order valence-corrected chi connectivity index (χ1v) is 6.67. The topological polar surface area (TPSA) is 41.9 Å². The Kier molecular flexibility index (Phi) is 3.78. The van der Waals surface area contributed by atoms with E-state index in [1.807, 2.05) is 4.90 Å². The van der Waals surface area contributed by atoms with Crippen molar-refractivity contribution in [2.24, 2.45) is 0 Å². The standard InChI is InChI=1S/C14H12F4N4/c15-10-2-1-4-19-12(10)8-22-5-3-11-9(7-22)6-20-13(21-11)14(16,17)18/h1-2,4,6H,3,5,7-8H2. The third-order valence-corrected chi connectivity index (χ3v) is 3.47. The first-order valence-electron chi connectivity index (χ1n) is 6.67. The van der Waals surface area contributed by atoms with E-state index in [4.69, 9.17) is 0 Å². The van der Waals surface area contributed by atoms with E-state index in [1.54, 1.807) is 0 Å². The number of halogens is 4. The second-order valence-electron chi connectivity index (χ2n) is 5.06. The van der Waals surface area contributed by atoms with Crippen LogP contribution in [0.15, 0.2) is 24.5 Å². The molecule has 2 aromatic heterocycles. The van der Waals surface area contributed by atoms with E-state index in [9.17, 15) is 17.6 Å². The van der Waals surface area contributed by atoms with Gasteiger partial charge in [0.1, 0.15) is 5.82 Å². The quantitative estimate of drug-likeness (QED) is 0.799. The number of rotatable bonds is 2. The Bertz CT molecular complexity index is 687. The average Bonchev–Trinajstić information content (AvgIpc) is 2.48. The molecule has 2 aromatic rings. The van der Waals surface area contributed by atoms with Crippen molar-refractivity contribution in [3.05, 3.63) is 53.1 Å². The molecule has 8 heteroatoms. The van der Waals surface area contributed by atoms with Crippen LogP contribution in [0.4, 0.5) is 17.6 Å². The fourth-order valence-corrected chi connectivity index (χ4v) is 2.39. The van der Waals surface area contributed by atoms with E-state index in [1.165, 1.54) is 24.5 Å². The summed E-state index contributed by atoms with van der Waals surface area (Å²) in [6, 6.07) is 2.84. The normalized spacial score (nSPS) is 15.6. The summed E-state index contributed by atoms with van der Waals surface area (Å²) in [5.74, 6) is -1.51. The van der Waals surface area contributed by atoms with Gasteiger partial charge in [-0.3, -0.25) is 9.88 Å². The first kappa shape index (κ1) is 14.8. The lowest BCUT2D eigenvalue weighted by Gasteiger charge is -2.27. The lowest BCUT2D eigenvalue weighted by molar-refractivity contribution is -0.145. The van der Waals surface area contributed by atoms with Crippen molar-refractivity contribution in [1.82, 2.24) is 19.9 Å². The maximum atomic E-state index is 13.6. The molecule has 4 nitrogen and oxygen atoms in total. The van der Waals surface area contributed by atoms with Gasteiger partial charge in [-0.05, 0) is 12.1 Å². The largest absolute Gasteiger partial charge is 0.451 e. The van der Waals surface area contributed by atoms with Crippen molar-refractivity contribution < 1.29 is 17.6 Å². The molecule has 1 aliphatic rings. The molecule has 116 valence electrons. The SMILES string of the molecule is Fc1cccnc1CN1CCc2nc(C(F)(F)F)ncc2C1. The highest BCUT2D eigenvalue weighted by atomic mass is 19.4. The van der Waals surface area contributed by atoms with E-state index in [0.717, 1.165) is 0 Å². The molecule has 0 N–H and O–H groups in total. The predicted molar refractivity (Wildman–Crippen MR) is 69.0 cm³/mol. The highest BCUT2D eigenvalue weighted by molar-refractivity contribution is 5.21. The zero-order chi connectivity index (χ0) is 15.7. The highest BCUT2D eigenvalue weighted by Crippen LogP contribution is 2.28. The van der Waals surface area contributed by atoms with Gasteiger partial charge in [0.25, 0.3) is 0 Å². The van der Waals surface area contributed by atoms with Crippen LogP contribution in [0.1, 0.15) is 22.8 Å². The van der Waals surface area contributed by atoms with Gasteiger partial charge in [-0.25, -0.2) is 14.4 Å². The van der Waals surface area contributed by atoms with Crippen LogP contribution in [0.3, 0.4) is 0 Å². The molecule has 0 amide bonds. The Morgan fingerprint density at radius 2 is 2.05 bits per heavy atom. The third kappa shape index (κ3) is 3.06. The molecule has 1 aliphatic heterocycles. The molecule has 0 spiro atoms. The summed E-state index contributed by atoms with van der Waals surface area (Å²) in [5, 5.41) is 0. The number of nitrogens with zero attached hydrogens (tertiary/aromatic N) is 4. The molecule has 3 rings (SSSR count). The Balaban J connectivity index is 1.76. The third-order valence-electron chi connectivity index (χ3n) is 3.47. The zero-order valence-electron chi connectivity index (χ0n) is 11.4. The fourth-order valence-electron chi connectivity index (χ4n) is 2.39. The van der Waals surface area contributed by atoms with Crippen LogP contribution in [0.5, 0.6) is 0 Å². The van der Waals surface area contributed by atoms with E-state index in [-0.39, 0.29) is 0 Å². The first-order chi connectivity index (χ1) is 10.4. The predicted octanol–water partition coefficient (Wildman–Crippen LogP) is 2.59. The Morgan fingerprint density at radius 3 is 2.77 bits per heavy atom. The van der Waals surface area contributed by atoms with Crippen LogP contribution in [0.25, 0.3) is 0 Å². The van der Waals surface area contributed by atoms with E-state index in [2.05, 4.69) is 15.0 Å². The van der Waals surface area contributed by atoms with Gasteiger partial charge in [-0.15, -0.1) is 0 Å². The fraction of sp³-hybridized carbons (Fsp3) is 0.357. The van der Waals surface area contributed by atoms with Crippen LogP contribution in [0.2, 0.25) is 0 Å². The minimum Gasteiger partial charge on any atom is -0.293 e. The molecule has 3 heterocycles. The van der Waals surface area contributed by atoms with Crippen LogP contribution in [-0.2, 0) is 25.7 Å². The van der Waals surface area contributed by atoms with Crippen molar-refractivity contribution in [2.45, 2.75) is 25.7 Å². The summed E-state index contributed by atoms with van der Waals surface area (Å²) in [6.07, 6.45) is -1.46. The van der Waals surface area contributed by atoms with Crippen molar-refractivity contribution >= 4 is 0 Å². The van der Waals surface area contributed by atoms with Gasteiger partial charge in [0.05, 0.1) is 11.4 Å². The molecule has 0 fully saturated rings. The molecule has 0 bridgehead atoms. The lowest BCUT2D eigenvalue weighted by Crippen LogP contribution is -2.32. The lowest BCUT2D eigenvalue weighted by atomic mass is 10.1. The number of fused-ring (bicyclic) bond motifs is 1. The van der Waals surface area contributed by atoms with Gasteiger partial charge in [0.15, 0.2) is 0 Å². The van der Waals surface area contributed by atoms with Crippen LogP contribution >= 0.6 is 0 Å². The summed E-state index contributed by atoms with van der Waals surface area (Å²) in [6.45, 7) is 1.17. The van der Waals surface area contributed by atoms with Crippen LogP contribution < -0.4 is 0 Å². The van der Waals surface area contributed by atoms with Crippen molar-refractivity contribution in [2.75, 3.05) is 6.54 Å². The molecule has 0 aliphatic carbocycles. The zero-order valence-corrected chi connectivity index (χ0v) is 11.4. The molecular formula is C14H12F4N4. The monoisotopic (exact) mass is 312 g/mol. The molecule has 0 radical (unpaired) electrons. The van der Waals surface area contributed by atoms with Gasteiger partial charge in [-0.2, -0.15) is 13.2 Å². The second kappa shape index (κ2) is 5.60.